The maximum atomic E-state index is 6.04. The maximum absolute atomic E-state index is 6.04. The number of para-hydroxylation sites is 1. The van der Waals surface area contributed by atoms with E-state index in [0.29, 0.717) is 6.61 Å². The van der Waals surface area contributed by atoms with Crippen LogP contribution in [0.4, 0.5) is 0 Å². The van der Waals surface area contributed by atoms with Crippen molar-refractivity contribution in [1.82, 2.24) is 25.5 Å². The zero-order valence-electron chi connectivity index (χ0n) is 19.8. The third-order valence-corrected chi connectivity index (χ3v) is 7.04. The largest absolute Gasteiger partial charge is 0.493 e. The normalized spacial score (nSPS) is 10.9. The summed E-state index contributed by atoms with van der Waals surface area (Å²) in [5.74, 6) is 2.36. The molecule has 35 heavy (non-hydrogen) atoms. The number of rotatable bonds is 12. The number of hydrogen-bond acceptors (Lipinski definition) is 7. The fourth-order valence-corrected chi connectivity index (χ4v) is 4.82. The van der Waals surface area contributed by atoms with Gasteiger partial charge in [0.05, 0.1) is 12.8 Å². The molecule has 1 aromatic heterocycles. The van der Waals surface area contributed by atoms with Crippen LogP contribution < -0.4 is 14.8 Å². The average molecular weight is 555 g/mol. The molecule has 0 amide bonds. The molecule has 1 N–H and O–H groups in total. The van der Waals surface area contributed by atoms with Crippen molar-refractivity contribution in [3.05, 3.63) is 87.9 Å². The molecule has 0 unspecified atom stereocenters. The zero-order chi connectivity index (χ0) is 24.5. The van der Waals surface area contributed by atoms with Crippen LogP contribution in [-0.2, 0) is 13.2 Å². The summed E-state index contributed by atoms with van der Waals surface area (Å²) in [6.07, 6.45) is 0.985. The summed E-state index contributed by atoms with van der Waals surface area (Å²) < 4.78 is 14.4. The molecule has 3 aromatic carbocycles. The summed E-state index contributed by atoms with van der Waals surface area (Å²) in [6.45, 7) is 4.17. The van der Waals surface area contributed by atoms with Crippen LogP contribution in [0.25, 0.3) is 5.69 Å². The Balaban J connectivity index is 1.24. The molecule has 9 heteroatoms. The van der Waals surface area contributed by atoms with E-state index < -0.39 is 0 Å². The first-order valence-corrected chi connectivity index (χ1v) is 13.1. The number of methoxy groups -OCH3 is 1. The van der Waals surface area contributed by atoms with Crippen molar-refractivity contribution in [3.8, 4) is 17.2 Å². The molecule has 0 aliphatic heterocycles. The Hall–Kier alpha value is -2.88. The molecule has 0 spiro atoms. The molecule has 0 aliphatic rings. The molecule has 0 aliphatic carbocycles. The monoisotopic (exact) mass is 553 g/mol. The van der Waals surface area contributed by atoms with Gasteiger partial charge in [-0.05, 0) is 65.7 Å². The third kappa shape index (κ3) is 7.06. The number of ether oxygens (including phenoxy) is 2. The van der Waals surface area contributed by atoms with Gasteiger partial charge in [0.2, 0.25) is 5.16 Å². The van der Waals surface area contributed by atoms with Gasteiger partial charge in [-0.3, -0.25) is 0 Å². The smallest absolute Gasteiger partial charge is 0.214 e. The van der Waals surface area contributed by atoms with Crippen LogP contribution >= 0.6 is 27.7 Å². The van der Waals surface area contributed by atoms with E-state index in [-0.39, 0.29) is 0 Å². The first kappa shape index (κ1) is 25.2. The third-order valence-electron chi connectivity index (χ3n) is 5.30. The van der Waals surface area contributed by atoms with E-state index in [2.05, 4.69) is 61.9 Å². The summed E-state index contributed by atoms with van der Waals surface area (Å²) in [6, 6.07) is 22.2. The van der Waals surface area contributed by atoms with Gasteiger partial charge < -0.3 is 14.8 Å². The highest BCUT2D eigenvalue weighted by Crippen LogP contribution is 2.34. The van der Waals surface area contributed by atoms with Crippen molar-refractivity contribution in [3.63, 3.8) is 0 Å². The van der Waals surface area contributed by atoms with E-state index in [1.807, 2.05) is 48.5 Å². The van der Waals surface area contributed by atoms with Crippen LogP contribution in [0, 0.1) is 6.92 Å². The van der Waals surface area contributed by atoms with Gasteiger partial charge in [0.1, 0.15) is 6.61 Å². The highest BCUT2D eigenvalue weighted by atomic mass is 79.9. The molecule has 4 aromatic rings. The van der Waals surface area contributed by atoms with Crippen LogP contribution in [0.1, 0.15) is 23.1 Å². The lowest BCUT2D eigenvalue weighted by molar-refractivity contribution is 0.284. The van der Waals surface area contributed by atoms with E-state index in [0.717, 1.165) is 63.2 Å². The van der Waals surface area contributed by atoms with Crippen molar-refractivity contribution in [2.24, 2.45) is 0 Å². The summed E-state index contributed by atoms with van der Waals surface area (Å²) in [5, 5.41) is 16.4. The van der Waals surface area contributed by atoms with Gasteiger partial charge in [0.25, 0.3) is 0 Å². The highest BCUT2D eigenvalue weighted by Gasteiger charge is 2.11. The predicted molar refractivity (Wildman–Crippen MR) is 142 cm³/mol. The number of aromatic nitrogens is 4. The van der Waals surface area contributed by atoms with Gasteiger partial charge in [-0.2, -0.15) is 4.68 Å². The summed E-state index contributed by atoms with van der Waals surface area (Å²) in [4.78, 5) is 0. The number of benzene rings is 3. The van der Waals surface area contributed by atoms with Crippen molar-refractivity contribution in [2.45, 2.75) is 31.7 Å². The van der Waals surface area contributed by atoms with Gasteiger partial charge in [0, 0.05) is 16.8 Å². The standard InChI is InChI=1S/C26H28BrN5O2S/c1-19-8-6-9-20(14-19)18-34-25-16-23(27)21(15-24(25)33-2)17-28-12-7-13-35-26-29-30-31-32(26)22-10-4-3-5-11-22/h3-6,8-11,14-16,28H,7,12-13,17-18H2,1-2H3. The van der Waals surface area contributed by atoms with Gasteiger partial charge in [-0.15, -0.1) is 5.10 Å². The molecule has 4 rings (SSSR count). The van der Waals surface area contributed by atoms with Crippen LogP contribution in [0.2, 0.25) is 0 Å². The quantitative estimate of drug-likeness (QED) is 0.181. The SMILES string of the molecule is COc1cc(CNCCCSc2nnnn2-c2ccccc2)c(Br)cc1OCc1cccc(C)c1. The second-order valence-corrected chi connectivity index (χ2v) is 9.88. The van der Waals surface area contributed by atoms with E-state index in [4.69, 9.17) is 9.47 Å². The van der Waals surface area contributed by atoms with Crippen LogP contribution in [0.5, 0.6) is 11.5 Å². The Bertz CT molecular complexity index is 1240. The minimum absolute atomic E-state index is 0.493. The lowest BCUT2D eigenvalue weighted by Gasteiger charge is -2.15. The van der Waals surface area contributed by atoms with Crippen LogP contribution in [0.3, 0.4) is 0 Å². The molecular formula is C26H28BrN5O2S. The van der Waals surface area contributed by atoms with Crippen molar-refractivity contribution < 1.29 is 9.47 Å². The fourth-order valence-electron chi connectivity index (χ4n) is 3.53. The maximum Gasteiger partial charge on any atom is 0.214 e. The van der Waals surface area contributed by atoms with E-state index in [1.54, 1.807) is 23.6 Å². The Morgan fingerprint density at radius 1 is 1.03 bits per heavy atom. The zero-order valence-corrected chi connectivity index (χ0v) is 22.2. The number of tetrazole rings is 1. The average Bonchev–Trinajstić information content (AvgIpc) is 3.35. The predicted octanol–water partition coefficient (Wildman–Crippen LogP) is 5.59. The van der Waals surface area contributed by atoms with Gasteiger partial charge in [0.15, 0.2) is 11.5 Å². The topological polar surface area (TPSA) is 74.1 Å². The Morgan fingerprint density at radius 2 is 1.89 bits per heavy atom. The Morgan fingerprint density at radius 3 is 2.69 bits per heavy atom. The molecule has 7 nitrogen and oxygen atoms in total. The first-order valence-electron chi connectivity index (χ1n) is 11.4. The molecule has 182 valence electrons. The lowest BCUT2D eigenvalue weighted by Crippen LogP contribution is -2.16. The summed E-state index contributed by atoms with van der Waals surface area (Å²) in [7, 11) is 1.67. The molecule has 0 bridgehead atoms. The molecular weight excluding hydrogens is 526 g/mol. The Labute approximate surface area is 218 Å². The number of nitrogens with zero attached hydrogens (tertiary/aromatic N) is 4. The Kier molecular flexibility index (Phi) is 9.16. The summed E-state index contributed by atoms with van der Waals surface area (Å²) >= 11 is 5.33. The molecule has 1 heterocycles. The van der Waals surface area contributed by atoms with Crippen LogP contribution in [-0.4, -0.2) is 39.6 Å². The fraction of sp³-hybridized carbons (Fsp3) is 0.269. The molecule has 0 fully saturated rings. The minimum Gasteiger partial charge on any atom is -0.493 e. The minimum atomic E-state index is 0.493. The van der Waals surface area contributed by atoms with Crippen molar-refractivity contribution in [2.75, 3.05) is 19.4 Å². The number of nitrogens with one attached hydrogen (secondary N) is 1. The number of hydrogen-bond donors (Lipinski definition) is 1. The van der Waals surface area contributed by atoms with Crippen LogP contribution in [0.15, 0.2) is 76.4 Å². The summed E-state index contributed by atoms with van der Waals surface area (Å²) in [5.41, 5.74) is 4.42. The molecule has 0 saturated carbocycles. The van der Waals surface area contributed by atoms with Crippen molar-refractivity contribution in [1.29, 1.82) is 0 Å². The second-order valence-electron chi connectivity index (χ2n) is 7.96. The van der Waals surface area contributed by atoms with Gasteiger partial charge >= 0.3 is 0 Å². The highest BCUT2D eigenvalue weighted by molar-refractivity contribution is 9.10. The van der Waals surface area contributed by atoms with E-state index in [9.17, 15) is 0 Å². The molecule has 0 atom stereocenters. The van der Waals surface area contributed by atoms with Crippen molar-refractivity contribution >= 4 is 27.7 Å². The van der Waals surface area contributed by atoms with E-state index >= 15 is 0 Å². The number of thioether (sulfide) groups is 1. The first-order chi connectivity index (χ1) is 17.1. The second kappa shape index (κ2) is 12.7. The van der Waals surface area contributed by atoms with Gasteiger partial charge in [-0.25, -0.2) is 0 Å². The van der Waals surface area contributed by atoms with E-state index in [1.165, 1.54) is 5.56 Å². The molecule has 0 saturated heterocycles. The lowest BCUT2D eigenvalue weighted by atomic mass is 10.1. The van der Waals surface area contributed by atoms with Gasteiger partial charge in [-0.1, -0.05) is 75.7 Å². The number of aryl methyl sites for hydroxylation is 1. The number of halogens is 1. The molecule has 0 radical (unpaired) electrons.